The maximum atomic E-state index is 6.09. The van der Waals surface area contributed by atoms with E-state index in [0.717, 1.165) is 36.8 Å². The summed E-state index contributed by atoms with van der Waals surface area (Å²) in [5.41, 5.74) is 9.52. The molecule has 1 saturated heterocycles. The molecule has 0 spiro atoms. The van der Waals surface area contributed by atoms with E-state index in [4.69, 9.17) is 17.3 Å². The third-order valence-corrected chi connectivity index (χ3v) is 4.25. The van der Waals surface area contributed by atoms with Gasteiger partial charge in [-0.15, -0.1) is 0 Å². The number of benzene rings is 2. The second-order valence-corrected chi connectivity index (χ2v) is 5.92. The number of rotatable bonds is 3. The Bertz CT molecular complexity index is 583. The summed E-state index contributed by atoms with van der Waals surface area (Å²) in [5, 5.41) is 0.774. The summed E-state index contributed by atoms with van der Waals surface area (Å²) in [5.74, 6) is 0.498. The first-order valence-corrected chi connectivity index (χ1v) is 7.41. The summed E-state index contributed by atoms with van der Waals surface area (Å²) in [7, 11) is 0. The molecule has 2 aromatic rings. The molecule has 1 unspecified atom stereocenters. The van der Waals surface area contributed by atoms with Gasteiger partial charge in [0.2, 0.25) is 0 Å². The Morgan fingerprint density at radius 1 is 1.15 bits per heavy atom. The van der Waals surface area contributed by atoms with E-state index in [1.807, 2.05) is 18.2 Å². The first kappa shape index (κ1) is 13.5. The average Bonchev–Trinajstić information content (AvgIpc) is 2.91. The van der Waals surface area contributed by atoms with Gasteiger partial charge in [-0.1, -0.05) is 41.9 Å². The van der Waals surface area contributed by atoms with Crippen molar-refractivity contribution in [3.8, 4) is 0 Å². The minimum Gasteiger partial charge on any atom is -0.398 e. The Hall–Kier alpha value is -1.51. The van der Waals surface area contributed by atoms with E-state index in [1.165, 1.54) is 11.1 Å². The molecule has 2 nitrogen and oxygen atoms in total. The van der Waals surface area contributed by atoms with Crippen molar-refractivity contribution in [3.05, 3.63) is 64.7 Å². The average molecular weight is 287 g/mol. The number of nitrogen functional groups attached to an aromatic ring is 1. The van der Waals surface area contributed by atoms with E-state index in [0.29, 0.717) is 5.92 Å². The van der Waals surface area contributed by atoms with E-state index in [-0.39, 0.29) is 0 Å². The van der Waals surface area contributed by atoms with E-state index in [1.54, 1.807) is 0 Å². The SMILES string of the molecule is Nc1ccc(Cl)cc1C1CCN(Cc2ccccc2)C1. The van der Waals surface area contributed by atoms with Gasteiger partial charge in [0.05, 0.1) is 0 Å². The molecule has 3 heteroatoms. The van der Waals surface area contributed by atoms with E-state index in [9.17, 15) is 0 Å². The highest BCUT2D eigenvalue weighted by atomic mass is 35.5. The molecular formula is C17H19ClN2. The molecule has 0 bridgehead atoms. The molecule has 2 N–H and O–H groups in total. The van der Waals surface area contributed by atoms with Crippen LogP contribution in [0.2, 0.25) is 5.02 Å². The Labute approximate surface area is 125 Å². The van der Waals surface area contributed by atoms with Crippen LogP contribution in [0, 0.1) is 0 Å². The van der Waals surface area contributed by atoms with Crippen LogP contribution in [0.15, 0.2) is 48.5 Å². The number of hydrogen-bond donors (Lipinski definition) is 1. The zero-order valence-corrected chi connectivity index (χ0v) is 12.2. The lowest BCUT2D eigenvalue weighted by Crippen LogP contribution is -2.19. The third kappa shape index (κ3) is 2.97. The van der Waals surface area contributed by atoms with Crippen LogP contribution in [0.4, 0.5) is 5.69 Å². The molecule has 1 heterocycles. The fourth-order valence-electron chi connectivity index (χ4n) is 2.97. The van der Waals surface area contributed by atoms with Gasteiger partial charge in [-0.2, -0.15) is 0 Å². The highest BCUT2D eigenvalue weighted by Gasteiger charge is 2.25. The van der Waals surface area contributed by atoms with Gasteiger partial charge >= 0.3 is 0 Å². The summed E-state index contributed by atoms with van der Waals surface area (Å²) in [6.45, 7) is 3.18. The Morgan fingerprint density at radius 2 is 1.95 bits per heavy atom. The molecule has 0 aromatic heterocycles. The van der Waals surface area contributed by atoms with Gasteiger partial charge in [-0.3, -0.25) is 4.90 Å². The number of nitrogens with two attached hydrogens (primary N) is 1. The minimum atomic E-state index is 0.498. The predicted molar refractivity (Wildman–Crippen MR) is 84.9 cm³/mol. The lowest BCUT2D eigenvalue weighted by atomic mass is 9.97. The molecule has 1 aliphatic heterocycles. The molecule has 0 radical (unpaired) electrons. The third-order valence-electron chi connectivity index (χ3n) is 4.01. The molecule has 0 aliphatic carbocycles. The second kappa shape index (κ2) is 5.86. The quantitative estimate of drug-likeness (QED) is 0.867. The van der Waals surface area contributed by atoms with Crippen molar-refractivity contribution in [2.45, 2.75) is 18.9 Å². The van der Waals surface area contributed by atoms with Crippen LogP contribution in [0.1, 0.15) is 23.5 Å². The Morgan fingerprint density at radius 3 is 2.75 bits per heavy atom. The number of hydrogen-bond acceptors (Lipinski definition) is 2. The van der Waals surface area contributed by atoms with Crippen molar-refractivity contribution in [3.63, 3.8) is 0 Å². The van der Waals surface area contributed by atoms with Crippen molar-refractivity contribution < 1.29 is 0 Å². The summed E-state index contributed by atoms with van der Waals surface area (Å²) < 4.78 is 0. The molecular weight excluding hydrogens is 268 g/mol. The van der Waals surface area contributed by atoms with Gasteiger partial charge in [0.25, 0.3) is 0 Å². The standard InChI is InChI=1S/C17H19ClN2/c18-15-6-7-17(19)16(10-15)14-8-9-20(12-14)11-13-4-2-1-3-5-13/h1-7,10,14H,8-9,11-12,19H2. The lowest BCUT2D eigenvalue weighted by Gasteiger charge is -2.17. The zero-order chi connectivity index (χ0) is 13.9. The predicted octanol–water partition coefficient (Wildman–Crippen LogP) is 3.91. The largest absolute Gasteiger partial charge is 0.398 e. The van der Waals surface area contributed by atoms with Gasteiger partial charge in [0.15, 0.2) is 0 Å². The van der Waals surface area contributed by atoms with E-state index in [2.05, 4.69) is 35.2 Å². The van der Waals surface area contributed by atoms with Gasteiger partial charge in [0, 0.05) is 23.8 Å². The molecule has 1 atom stereocenters. The van der Waals surface area contributed by atoms with Gasteiger partial charge in [-0.05, 0) is 48.2 Å². The van der Waals surface area contributed by atoms with Crippen molar-refractivity contribution in [2.75, 3.05) is 18.8 Å². The maximum absolute atomic E-state index is 6.09. The monoisotopic (exact) mass is 286 g/mol. The van der Waals surface area contributed by atoms with Crippen LogP contribution in [-0.2, 0) is 6.54 Å². The number of nitrogens with zero attached hydrogens (tertiary/aromatic N) is 1. The second-order valence-electron chi connectivity index (χ2n) is 5.48. The maximum Gasteiger partial charge on any atom is 0.0410 e. The van der Waals surface area contributed by atoms with Crippen molar-refractivity contribution in [1.82, 2.24) is 4.90 Å². The van der Waals surface area contributed by atoms with Crippen molar-refractivity contribution >= 4 is 17.3 Å². The van der Waals surface area contributed by atoms with Crippen LogP contribution in [0.5, 0.6) is 0 Å². The van der Waals surface area contributed by atoms with Crippen LogP contribution < -0.4 is 5.73 Å². The van der Waals surface area contributed by atoms with Crippen LogP contribution in [-0.4, -0.2) is 18.0 Å². The van der Waals surface area contributed by atoms with Crippen LogP contribution >= 0.6 is 11.6 Å². The first-order valence-electron chi connectivity index (χ1n) is 7.03. The fourth-order valence-corrected chi connectivity index (χ4v) is 3.15. The Balaban J connectivity index is 1.69. The van der Waals surface area contributed by atoms with Gasteiger partial charge < -0.3 is 5.73 Å². The summed E-state index contributed by atoms with van der Waals surface area (Å²) in [6.07, 6.45) is 1.15. The fraction of sp³-hybridized carbons (Fsp3) is 0.294. The van der Waals surface area contributed by atoms with E-state index < -0.39 is 0 Å². The smallest absolute Gasteiger partial charge is 0.0410 e. The van der Waals surface area contributed by atoms with Gasteiger partial charge in [0.1, 0.15) is 0 Å². The van der Waals surface area contributed by atoms with E-state index >= 15 is 0 Å². The summed E-state index contributed by atoms with van der Waals surface area (Å²) >= 11 is 6.09. The normalized spacial score (nSPS) is 19.4. The number of anilines is 1. The summed E-state index contributed by atoms with van der Waals surface area (Å²) in [6, 6.07) is 16.4. The molecule has 104 valence electrons. The molecule has 1 aliphatic rings. The molecule has 3 rings (SSSR count). The van der Waals surface area contributed by atoms with Crippen LogP contribution in [0.25, 0.3) is 0 Å². The van der Waals surface area contributed by atoms with Gasteiger partial charge in [-0.25, -0.2) is 0 Å². The molecule has 0 saturated carbocycles. The molecule has 1 fully saturated rings. The minimum absolute atomic E-state index is 0.498. The highest BCUT2D eigenvalue weighted by molar-refractivity contribution is 6.30. The molecule has 0 amide bonds. The summed E-state index contributed by atoms with van der Waals surface area (Å²) in [4.78, 5) is 2.49. The molecule has 2 aromatic carbocycles. The van der Waals surface area contributed by atoms with Crippen molar-refractivity contribution in [1.29, 1.82) is 0 Å². The lowest BCUT2D eigenvalue weighted by molar-refractivity contribution is 0.327. The first-order chi connectivity index (χ1) is 9.72. The van der Waals surface area contributed by atoms with Crippen molar-refractivity contribution in [2.24, 2.45) is 0 Å². The zero-order valence-electron chi connectivity index (χ0n) is 11.4. The highest BCUT2D eigenvalue weighted by Crippen LogP contribution is 2.33. The van der Waals surface area contributed by atoms with Crippen LogP contribution in [0.3, 0.4) is 0 Å². The molecule has 20 heavy (non-hydrogen) atoms. The number of halogens is 1. The topological polar surface area (TPSA) is 29.3 Å². The number of likely N-dealkylation sites (tertiary alicyclic amines) is 1. The Kier molecular flexibility index (Phi) is 3.95.